The molecule has 4 aliphatic rings. The molecule has 0 aromatic heterocycles. The molecule has 1 saturated carbocycles. The standard InChI is InChI=1S/C23H31N3O3/c27-21(25-29)19-12-23(8-9-23)14-24-20(19)22(28)26-10-7-18(13-26)17-6-5-15-3-1-2-4-16(15)11-17/h5-6,11,18-20,24,29H,1-4,7-10,12-14H2,(H,25,27). The van der Waals surface area contributed by atoms with Crippen LogP contribution in [-0.4, -0.2) is 47.6 Å². The van der Waals surface area contributed by atoms with Gasteiger partial charge in [-0.1, -0.05) is 18.2 Å². The van der Waals surface area contributed by atoms with Gasteiger partial charge >= 0.3 is 0 Å². The Bertz CT molecular complexity index is 820. The lowest BCUT2D eigenvalue weighted by molar-refractivity contribution is -0.144. The van der Waals surface area contributed by atoms with E-state index in [4.69, 9.17) is 0 Å². The molecular formula is C23H31N3O3. The number of fused-ring (bicyclic) bond motifs is 1. The molecule has 2 heterocycles. The average molecular weight is 398 g/mol. The van der Waals surface area contributed by atoms with E-state index in [9.17, 15) is 14.8 Å². The number of benzene rings is 1. The Hall–Kier alpha value is -1.92. The number of likely N-dealkylation sites (tertiary alicyclic amines) is 1. The van der Waals surface area contributed by atoms with Gasteiger partial charge in [0.2, 0.25) is 11.8 Å². The SMILES string of the molecule is O=C(NO)C1CC2(CC2)CNC1C(=O)N1CCC(c2ccc3c(c2)CCCC3)C1. The molecule has 156 valence electrons. The molecule has 3 N–H and O–H groups in total. The van der Waals surface area contributed by atoms with Crippen LogP contribution in [0.4, 0.5) is 0 Å². The van der Waals surface area contributed by atoms with Crippen molar-refractivity contribution in [3.8, 4) is 0 Å². The van der Waals surface area contributed by atoms with Gasteiger partial charge in [-0.15, -0.1) is 0 Å². The first-order chi connectivity index (χ1) is 14.1. The van der Waals surface area contributed by atoms with E-state index in [2.05, 4.69) is 23.5 Å². The van der Waals surface area contributed by atoms with Crippen LogP contribution in [0.2, 0.25) is 0 Å². The van der Waals surface area contributed by atoms with Crippen molar-refractivity contribution >= 4 is 11.8 Å². The predicted octanol–water partition coefficient (Wildman–Crippen LogP) is 2.14. The summed E-state index contributed by atoms with van der Waals surface area (Å²) < 4.78 is 0. The monoisotopic (exact) mass is 397 g/mol. The van der Waals surface area contributed by atoms with Gasteiger partial charge in [-0.3, -0.25) is 14.8 Å². The number of rotatable bonds is 3. The van der Waals surface area contributed by atoms with Gasteiger partial charge in [-0.25, -0.2) is 5.48 Å². The van der Waals surface area contributed by atoms with Crippen LogP contribution in [0.3, 0.4) is 0 Å². The lowest BCUT2D eigenvalue weighted by atomic mass is 9.81. The molecule has 6 heteroatoms. The van der Waals surface area contributed by atoms with Crippen LogP contribution in [0, 0.1) is 11.3 Å². The zero-order valence-electron chi connectivity index (χ0n) is 17.0. The second-order valence-corrected chi connectivity index (χ2v) is 9.65. The molecule has 2 amide bonds. The first kappa shape index (κ1) is 19.1. The van der Waals surface area contributed by atoms with E-state index in [0.717, 1.165) is 32.4 Å². The molecule has 1 spiro atoms. The van der Waals surface area contributed by atoms with E-state index >= 15 is 0 Å². The summed E-state index contributed by atoms with van der Waals surface area (Å²) in [5.41, 5.74) is 6.27. The Kier molecular flexibility index (Phi) is 4.87. The minimum atomic E-state index is -0.532. The molecule has 2 saturated heterocycles. The molecule has 29 heavy (non-hydrogen) atoms. The maximum absolute atomic E-state index is 13.3. The molecule has 6 nitrogen and oxygen atoms in total. The Balaban J connectivity index is 1.28. The highest BCUT2D eigenvalue weighted by Crippen LogP contribution is 2.52. The zero-order valence-corrected chi connectivity index (χ0v) is 17.0. The minimum Gasteiger partial charge on any atom is -0.341 e. The molecule has 5 rings (SSSR count). The van der Waals surface area contributed by atoms with E-state index < -0.39 is 17.9 Å². The van der Waals surface area contributed by atoms with Crippen molar-refractivity contribution in [3.63, 3.8) is 0 Å². The molecule has 3 atom stereocenters. The number of nitrogens with zero attached hydrogens (tertiary/aromatic N) is 1. The molecule has 1 aromatic rings. The third-order valence-corrected chi connectivity index (χ3v) is 7.77. The van der Waals surface area contributed by atoms with Crippen molar-refractivity contribution in [1.29, 1.82) is 0 Å². The molecule has 2 aliphatic heterocycles. The number of hydrogen-bond donors (Lipinski definition) is 3. The number of carbonyl (C=O) groups excluding carboxylic acids is 2. The fraction of sp³-hybridized carbons (Fsp3) is 0.652. The summed E-state index contributed by atoms with van der Waals surface area (Å²) in [5, 5.41) is 12.5. The number of aryl methyl sites for hydroxylation is 2. The third kappa shape index (κ3) is 3.57. The number of hydroxylamine groups is 1. The lowest BCUT2D eigenvalue weighted by Gasteiger charge is -2.37. The topological polar surface area (TPSA) is 81.7 Å². The van der Waals surface area contributed by atoms with E-state index in [1.807, 2.05) is 4.90 Å². The van der Waals surface area contributed by atoms with Crippen LogP contribution in [0.15, 0.2) is 18.2 Å². The quantitative estimate of drug-likeness (QED) is 0.539. The average Bonchev–Trinajstić information content (AvgIpc) is 3.32. The molecule has 0 radical (unpaired) electrons. The highest BCUT2D eigenvalue weighted by Gasteiger charge is 2.53. The normalized spacial score (nSPS) is 30.1. The highest BCUT2D eigenvalue weighted by molar-refractivity contribution is 5.90. The third-order valence-electron chi connectivity index (χ3n) is 7.77. The van der Waals surface area contributed by atoms with Gasteiger partial charge in [0.15, 0.2) is 0 Å². The van der Waals surface area contributed by atoms with Gasteiger partial charge in [-0.2, -0.15) is 0 Å². The number of piperidine rings is 1. The summed E-state index contributed by atoms with van der Waals surface area (Å²) in [6.07, 6.45) is 8.77. The molecule has 3 unspecified atom stereocenters. The van der Waals surface area contributed by atoms with Gasteiger partial charge in [-0.05, 0) is 73.5 Å². The van der Waals surface area contributed by atoms with E-state index in [1.165, 1.54) is 42.4 Å². The van der Waals surface area contributed by atoms with Gasteiger partial charge < -0.3 is 10.2 Å². The Morgan fingerprint density at radius 1 is 1.17 bits per heavy atom. The van der Waals surface area contributed by atoms with Crippen LogP contribution in [0.1, 0.15) is 61.1 Å². The van der Waals surface area contributed by atoms with E-state index in [0.29, 0.717) is 18.9 Å². The maximum atomic E-state index is 13.3. The van der Waals surface area contributed by atoms with Crippen molar-refractivity contribution in [2.24, 2.45) is 11.3 Å². The maximum Gasteiger partial charge on any atom is 0.248 e. The summed E-state index contributed by atoms with van der Waals surface area (Å²) in [7, 11) is 0. The van der Waals surface area contributed by atoms with Gasteiger partial charge in [0.25, 0.3) is 0 Å². The van der Waals surface area contributed by atoms with Crippen LogP contribution >= 0.6 is 0 Å². The Morgan fingerprint density at radius 2 is 1.97 bits per heavy atom. The number of amides is 2. The van der Waals surface area contributed by atoms with Crippen molar-refractivity contribution in [1.82, 2.24) is 15.7 Å². The summed E-state index contributed by atoms with van der Waals surface area (Å²) in [5.74, 6) is -0.553. The van der Waals surface area contributed by atoms with Crippen LogP contribution in [0.25, 0.3) is 0 Å². The number of hydrogen-bond acceptors (Lipinski definition) is 4. The van der Waals surface area contributed by atoms with Crippen LogP contribution in [-0.2, 0) is 22.4 Å². The van der Waals surface area contributed by atoms with E-state index in [-0.39, 0.29) is 11.3 Å². The minimum absolute atomic E-state index is 0.00885. The van der Waals surface area contributed by atoms with Crippen molar-refractivity contribution in [2.45, 2.75) is 63.3 Å². The summed E-state index contributed by atoms with van der Waals surface area (Å²) in [6.45, 7) is 2.24. The second kappa shape index (κ2) is 7.40. The lowest BCUT2D eigenvalue weighted by Crippen LogP contribution is -2.58. The molecule has 3 fully saturated rings. The predicted molar refractivity (Wildman–Crippen MR) is 109 cm³/mol. The van der Waals surface area contributed by atoms with Crippen LogP contribution in [0.5, 0.6) is 0 Å². The first-order valence-corrected chi connectivity index (χ1v) is 11.2. The highest BCUT2D eigenvalue weighted by atomic mass is 16.5. The fourth-order valence-corrected chi connectivity index (χ4v) is 5.71. The number of carbonyl (C=O) groups is 2. The van der Waals surface area contributed by atoms with Crippen molar-refractivity contribution in [3.05, 3.63) is 34.9 Å². The summed E-state index contributed by atoms with van der Waals surface area (Å²) in [6, 6.07) is 6.37. The van der Waals surface area contributed by atoms with Crippen LogP contribution < -0.4 is 10.8 Å². The zero-order chi connectivity index (χ0) is 20.0. The largest absolute Gasteiger partial charge is 0.341 e. The molecule has 0 bridgehead atoms. The fourth-order valence-electron chi connectivity index (χ4n) is 5.71. The summed E-state index contributed by atoms with van der Waals surface area (Å²) >= 11 is 0. The van der Waals surface area contributed by atoms with Crippen molar-refractivity contribution in [2.75, 3.05) is 19.6 Å². The van der Waals surface area contributed by atoms with E-state index in [1.54, 1.807) is 5.48 Å². The molecular weight excluding hydrogens is 366 g/mol. The van der Waals surface area contributed by atoms with Gasteiger partial charge in [0, 0.05) is 25.6 Å². The first-order valence-electron chi connectivity index (χ1n) is 11.2. The number of nitrogens with one attached hydrogen (secondary N) is 2. The molecule has 1 aromatic carbocycles. The smallest absolute Gasteiger partial charge is 0.248 e. The van der Waals surface area contributed by atoms with Gasteiger partial charge in [0.1, 0.15) is 0 Å². The Morgan fingerprint density at radius 3 is 2.72 bits per heavy atom. The molecule has 2 aliphatic carbocycles. The summed E-state index contributed by atoms with van der Waals surface area (Å²) in [4.78, 5) is 27.5. The van der Waals surface area contributed by atoms with Crippen molar-refractivity contribution < 1.29 is 14.8 Å². The Labute approximate surface area is 172 Å². The second-order valence-electron chi connectivity index (χ2n) is 9.65. The van der Waals surface area contributed by atoms with Gasteiger partial charge in [0.05, 0.1) is 12.0 Å².